The smallest absolute Gasteiger partial charge is 0.277 e. The van der Waals surface area contributed by atoms with E-state index in [4.69, 9.17) is 4.52 Å². The van der Waals surface area contributed by atoms with Gasteiger partial charge in [-0.1, -0.05) is 19.0 Å². The summed E-state index contributed by atoms with van der Waals surface area (Å²) in [5.41, 5.74) is 2.80. The molecule has 1 saturated heterocycles. The van der Waals surface area contributed by atoms with Crippen LogP contribution in [0.15, 0.2) is 28.8 Å². The van der Waals surface area contributed by atoms with Crippen molar-refractivity contribution in [1.29, 1.82) is 0 Å². The fraction of sp³-hybridized carbons (Fsp3) is 0.421. The van der Waals surface area contributed by atoms with Gasteiger partial charge in [0.15, 0.2) is 5.69 Å². The van der Waals surface area contributed by atoms with Gasteiger partial charge in [0.1, 0.15) is 5.76 Å². The molecular weight excluding hydrogens is 318 g/mol. The lowest BCUT2D eigenvalue weighted by Crippen LogP contribution is -2.24. The molecule has 0 aliphatic carbocycles. The first-order chi connectivity index (χ1) is 11.9. The van der Waals surface area contributed by atoms with Crippen LogP contribution in [-0.2, 0) is 11.2 Å². The van der Waals surface area contributed by atoms with E-state index in [-0.39, 0.29) is 17.5 Å². The Labute approximate surface area is 147 Å². The molecule has 2 amide bonds. The van der Waals surface area contributed by atoms with Crippen molar-refractivity contribution in [2.24, 2.45) is 5.92 Å². The van der Waals surface area contributed by atoms with Crippen LogP contribution in [0.25, 0.3) is 0 Å². The summed E-state index contributed by atoms with van der Waals surface area (Å²) in [6.45, 7) is 6.85. The van der Waals surface area contributed by atoms with Crippen molar-refractivity contribution in [1.82, 2.24) is 5.16 Å². The zero-order valence-corrected chi connectivity index (χ0v) is 14.8. The van der Waals surface area contributed by atoms with Gasteiger partial charge in [0, 0.05) is 36.8 Å². The molecule has 132 valence electrons. The van der Waals surface area contributed by atoms with Crippen molar-refractivity contribution >= 4 is 23.2 Å². The first-order valence-electron chi connectivity index (χ1n) is 8.62. The zero-order chi connectivity index (χ0) is 18.0. The molecule has 1 aromatic heterocycles. The van der Waals surface area contributed by atoms with E-state index in [9.17, 15) is 9.59 Å². The number of amides is 2. The number of anilines is 2. The summed E-state index contributed by atoms with van der Waals surface area (Å²) < 4.78 is 5.20. The number of carbonyl (C=O) groups excluding carboxylic acids is 2. The molecule has 0 atom stereocenters. The molecule has 25 heavy (non-hydrogen) atoms. The van der Waals surface area contributed by atoms with E-state index in [2.05, 4.69) is 24.3 Å². The quantitative estimate of drug-likeness (QED) is 0.902. The van der Waals surface area contributed by atoms with E-state index >= 15 is 0 Å². The number of rotatable bonds is 5. The first kappa shape index (κ1) is 17.2. The average molecular weight is 341 g/mol. The summed E-state index contributed by atoms with van der Waals surface area (Å²) in [6.07, 6.45) is 2.24. The number of benzene rings is 1. The Morgan fingerprint density at radius 3 is 2.80 bits per heavy atom. The molecule has 1 N–H and O–H groups in total. The zero-order valence-electron chi connectivity index (χ0n) is 14.8. The molecule has 0 bridgehead atoms. The summed E-state index contributed by atoms with van der Waals surface area (Å²) >= 11 is 0. The maximum Gasteiger partial charge on any atom is 0.277 e. The highest BCUT2D eigenvalue weighted by Crippen LogP contribution is 2.27. The summed E-state index contributed by atoms with van der Waals surface area (Å²) in [5.74, 6) is 0.995. The number of hydrogen-bond acceptors (Lipinski definition) is 4. The van der Waals surface area contributed by atoms with E-state index < -0.39 is 0 Å². The molecule has 3 rings (SSSR count). The predicted molar refractivity (Wildman–Crippen MR) is 95.8 cm³/mol. The minimum Gasteiger partial charge on any atom is -0.361 e. The van der Waals surface area contributed by atoms with Crippen LogP contribution < -0.4 is 10.2 Å². The molecule has 1 fully saturated rings. The summed E-state index contributed by atoms with van der Waals surface area (Å²) in [6, 6.07) is 7.23. The van der Waals surface area contributed by atoms with Crippen LogP contribution in [0, 0.1) is 12.8 Å². The van der Waals surface area contributed by atoms with Crippen molar-refractivity contribution in [3.8, 4) is 0 Å². The Morgan fingerprint density at radius 2 is 2.16 bits per heavy atom. The number of hydrogen-bond donors (Lipinski definition) is 1. The van der Waals surface area contributed by atoms with Crippen LogP contribution in [0.1, 0.15) is 48.5 Å². The van der Waals surface area contributed by atoms with E-state index in [0.717, 1.165) is 30.6 Å². The number of nitrogens with zero attached hydrogens (tertiary/aromatic N) is 2. The monoisotopic (exact) mass is 341 g/mol. The van der Waals surface area contributed by atoms with Gasteiger partial charge in [-0.2, -0.15) is 0 Å². The van der Waals surface area contributed by atoms with Gasteiger partial charge in [-0.3, -0.25) is 9.59 Å². The van der Waals surface area contributed by atoms with Crippen molar-refractivity contribution in [3.63, 3.8) is 0 Å². The van der Waals surface area contributed by atoms with Gasteiger partial charge in [-0.05, 0) is 43.0 Å². The molecule has 6 nitrogen and oxygen atoms in total. The van der Waals surface area contributed by atoms with Gasteiger partial charge in [0.05, 0.1) is 0 Å². The second kappa shape index (κ2) is 7.09. The third-order valence-electron chi connectivity index (χ3n) is 4.22. The van der Waals surface area contributed by atoms with Gasteiger partial charge in [-0.25, -0.2) is 0 Å². The van der Waals surface area contributed by atoms with Gasteiger partial charge in [0.25, 0.3) is 5.91 Å². The number of carbonyl (C=O) groups is 2. The lowest BCUT2D eigenvalue weighted by atomic mass is 10.1. The molecule has 1 aliphatic heterocycles. The molecule has 1 aromatic carbocycles. The molecule has 2 heterocycles. The number of aryl methyl sites for hydroxylation is 1. The van der Waals surface area contributed by atoms with Crippen LogP contribution in [0.2, 0.25) is 0 Å². The maximum atomic E-state index is 12.3. The van der Waals surface area contributed by atoms with E-state index in [1.165, 1.54) is 0 Å². The lowest BCUT2D eigenvalue weighted by Gasteiger charge is -2.19. The Bertz CT molecular complexity index is 795. The Balaban J connectivity index is 1.70. The van der Waals surface area contributed by atoms with Crippen molar-refractivity contribution in [2.45, 2.75) is 40.0 Å². The van der Waals surface area contributed by atoms with Crippen LogP contribution in [0.3, 0.4) is 0 Å². The van der Waals surface area contributed by atoms with Gasteiger partial charge >= 0.3 is 0 Å². The minimum atomic E-state index is -0.303. The maximum absolute atomic E-state index is 12.3. The lowest BCUT2D eigenvalue weighted by molar-refractivity contribution is -0.117. The highest BCUT2D eigenvalue weighted by atomic mass is 16.5. The Hall–Kier alpha value is -2.63. The van der Waals surface area contributed by atoms with Crippen molar-refractivity contribution in [3.05, 3.63) is 41.3 Å². The predicted octanol–water partition coefficient (Wildman–Crippen LogP) is 3.56. The van der Waals surface area contributed by atoms with E-state index in [1.54, 1.807) is 17.0 Å². The van der Waals surface area contributed by atoms with Gasteiger partial charge in [0.2, 0.25) is 5.91 Å². The molecule has 6 heteroatoms. The molecule has 0 radical (unpaired) electrons. The second-order valence-corrected chi connectivity index (χ2v) is 6.88. The highest BCUT2D eigenvalue weighted by Gasteiger charge is 2.23. The highest BCUT2D eigenvalue weighted by molar-refractivity contribution is 6.03. The molecule has 0 spiro atoms. The van der Waals surface area contributed by atoms with Gasteiger partial charge in [-0.15, -0.1) is 0 Å². The molecule has 2 aromatic rings. The van der Waals surface area contributed by atoms with Crippen molar-refractivity contribution < 1.29 is 14.1 Å². The Kier molecular flexibility index (Phi) is 4.88. The molecule has 0 unspecified atom stereocenters. The second-order valence-electron chi connectivity index (χ2n) is 6.88. The normalized spacial score (nSPS) is 14.4. The summed E-state index contributed by atoms with van der Waals surface area (Å²) in [5, 5.41) is 6.67. The topological polar surface area (TPSA) is 75.4 Å². The molecule has 1 aliphatic rings. The number of aromatic nitrogens is 1. The summed E-state index contributed by atoms with van der Waals surface area (Å²) in [7, 11) is 0. The molecular formula is C19H23N3O3. The van der Waals surface area contributed by atoms with Crippen LogP contribution >= 0.6 is 0 Å². The third kappa shape index (κ3) is 3.90. The van der Waals surface area contributed by atoms with Crippen LogP contribution in [-0.4, -0.2) is 23.5 Å². The van der Waals surface area contributed by atoms with E-state index in [0.29, 0.717) is 23.8 Å². The average Bonchev–Trinajstić information content (AvgIpc) is 3.16. The largest absolute Gasteiger partial charge is 0.361 e. The standard InChI is InChI=1S/C19H23N3O3/c1-12(2)9-15-11-16(21-25-15)19(24)20-14-6-7-17(13(3)10-14)22-8-4-5-18(22)23/h6-7,10-12H,4-5,8-9H2,1-3H3,(H,20,24). The molecule has 0 saturated carbocycles. The van der Waals surface area contributed by atoms with Crippen LogP contribution in [0.4, 0.5) is 11.4 Å². The fourth-order valence-electron chi connectivity index (χ4n) is 3.05. The fourth-order valence-corrected chi connectivity index (χ4v) is 3.05. The Morgan fingerprint density at radius 1 is 1.36 bits per heavy atom. The van der Waals surface area contributed by atoms with Crippen LogP contribution in [0.5, 0.6) is 0 Å². The third-order valence-corrected chi connectivity index (χ3v) is 4.22. The van der Waals surface area contributed by atoms with Gasteiger partial charge < -0.3 is 14.7 Å². The number of nitrogens with one attached hydrogen (secondary N) is 1. The minimum absolute atomic E-state index is 0.153. The summed E-state index contributed by atoms with van der Waals surface area (Å²) in [4.78, 5) is 26.0. The van der Waals surface area contributed by atoms with Crippen molar-refractivity contribution in [2.75, 3.05) is 16.8 Å². The SMILES string of the molecule is Cc1cc(NC(=O)c2cc(CC(C)C)on2)ccc1N1CCCC1=O. The first-order valence-corrected chi connectivity index (χ1v) is 8.62. The van der Waals surface area contributed by atoms with E-state index in [1.807, 2.05) is 19.1 Å².